The molecule has 0 aromatic carbocycles. The summed E-state index contributed by atoms with van der Waals surface area (Å²) < 4.78 is 22.6. The van der Waals surface area contributed by atoms with E-state index in [1.165, 1.54) is 0 Å². The third-order valence-corrected chi connectivity index (χ3v) is 4.14. The summed E-state index contributed by atoms with van der Waals surface area (Å²) in [7, 11) is -2.82. The largest absolute Gasteiger partial charge is 0.316 e. The minimum absolute atomic E-state index is 0.248. The van der Waals surface area contributed by atoms with Gasteiger partial charge in [-0.1, -0.05) is 20.8 Å². The van der Waals surface area contributed by atoms with E-state index in [4.69, 9.17) is 0 Å². The maximum absolute atomic E-state index is 11.3. The lowest BCUT2D eigenvalue weighted by Gasteiger charge is -2.20. The average Bonchev–Trinajstić information content (AvgIpc) is 2.23. The van der Waals surface area contributed by atoms with Crippen molar-refractivity contribution in [3.05, 3.63) is 0 Å². The zero-order valence-corrected chi connectivity index (χ0v) is 10.9. The van der Waals surface area contributed by atoms with Gasteiger partial charge >= 0.3 is 0 Å². The van der Waals surface area contributed by atoms with E-state index in [1.807, 2.05) is 0 Å². The lowest BCUT2D eigenvalue weighted by molar-refractivity contribution is 0.304. The Labute approximate surface area is 94.0 Å². The molecule has 0 aliphatic rings. The highest BCUT2D eigenvalue weighted by atomic mass is 32.2. The second-order valence-corrected chi connectivity index (χ2v) is 6.00. The Kier molecular flexibility index (Phi) is 8.00. The summed E-state index contributed by atoms with van der Waals surface area (Å²) in [6.07, 6.45) is 0. The molecule has 0 saturated heterocycles. The van der Waals surface area contributed by atoms with Crippen LogP contribution in [0.5, 0.6) is 0 Å². The van der Waals surface area contributed by atoms with Crippen LogP contribution < -0.4 is 5.32 Å². The molecule has 0 aliphatic carbocycles. The first kappa shape index (κ1) is 14.9. The number of sulfone groups is 1. The van der Waals surface area contributed by atoms with E-state index in [-0.39, 0.29) is 11.5 Å². The summed E-state index contributed by atoms with van der Waals surface area (Å²) in [5, 5.41) is 3.23. The van der Waals surface area contributed by atoms with Gasteiger partial charge in [0, 0.05) is 25.4 Å². The number of likely N-dealkylation sites (N-methyl/N-ethyl adjacent to an activating group) is 2. The summed E-state index contributed by atoms with van der Waals surface area (Å²) in [6.45, 7) is 10.2. The van der Waals surface area contributed by atoms with E-state index in [2.05, 4.69) is 24.1 Å². The average molecular weight is 236 g/mol. The van der Waals surface area contributed by atoms with Crippen LogP contribution in [0.15, 0.2) is 0 Å². The van der Waals surface area contributed by atoms with Crippen LogP contribution in [-0.2, 0) is 9.84 Å². The van der Waals surface area contributed by atoms with Gasteiger partial charge in [-0.2, -0.15) is 0 Å². The number of rotatable bonds is 9. The lowest BCUT2D eigenvalue weighted by atomic mass is 10.4. The van der Waals surface area contributed by atoms with Crippen LogP contribution in [0, 0.1) is 0 Å². The maximum atomic E-state index is 11.3. The molecule has 15 heavy (non-hydrogen) atoms. The molecule has 0 fully saturated rings. The van der Waals surface area contributed by atoms with Gasteiger partial charge in [0.15, 0.2) is 9.84 Å². The summed E-state index contributed by atoms with van der Waals surface area (Å²) >= 11 is 0. The quantitative estimate of drug-likeness (QED) is 0.587. The minimum Gasteiger partial charge on any atom is -0.316 e. The molecule has 0 amide bonds. The van der Waals surface area contributed by atoms with E-state index in [9.17, 15) is 8.42 Å². The first-order chi connectivity index (χ1) is 7.05. The normalized spacial score (nSPS) is 12.3. The van der Waals surface area contributed by atoms with Crippen LogP contribution in [0.2, 0.25) is 0 Å². The van der Waals surface area contributed by atoms with Crippen LogP contribution in [0.3, 0.4) is 0 Å². The first-order valence-electron chi connectivity index (χ1n) is 5.69. The lowest BCUT2D eigenvalue weighted by Crippen LogP contribution is -2.35. The molecule has 0 atom stereocenters. The Morgan fingerprint density at radius 3 is 2.27 bits per heavy atom. The molecule has 0 bridgehead atoms. The standard InChI is InChI=1S/C10H24N2O2S/c1-4-11-7-8-12(5-2)9-10-15(13,14)6-3/h11H,4-10H2,1-3H3. The van der Waals surface area contributed by atoms with Crippen molar-refractivity contribution >= 4 is 9.84 Å². The van der Waals surface area contributed by atoms with E-state index in [1.54, 1.807) is 6.92 Å². The number of nitrogens with zero attached hydrogens (tertiary/aromatic N) is 1. The second kappa shape index (κ2) is 8.07. The molecule has 5 heteroatoms. The first-order valence-corrected chi connectivity index (χ1v) is 7.51. The molecule has 0 heterocycles. The predicted molar refractivity (Wildman–Crippen MR) is 65.0 cm³/mol. The van der Waals surface area contributed by atoms with Gasteiger partial charge in [0.2, 0.25) is 0 Å². The topological polar surface area (TPSA) is 49.4 Å². The molecule has 0 rings (SSSR count). The highest BCUT2D eigenvalue weighted by molar-refractivity contribution is 7.91. The van der Waals surface area contributed by atoms with Crippen LogP contribution in [0.1, 0.15) is 20.8 Å². The van der Waals surface area contributed by atoms with Gasteiger partial charge in [0.25, 0.3) is 0 Å². The van der Waals surface area contributed by atoms with E-state index >= 15 is 0 Å². The van der Waals surface area contributed by atoms with Gasteiger partial charge in [0.05, 0.1) is 5.75 Å². The molecule has 0 spiro atoms. The van der Waals surface area contributed by atoms with Crippen LogP contribution in [0.25, 0.3) is 0 Å². The maximum Gasteiger partial charge on any atom is 0.151 e. The third-order valence-electron chi connectivity index (χ3n) is 2.46. The van der Waals surface area contributed by atoms with Crippen molar-refractivity contribution in [2.45, 2.75) is 20.8 Å². The summed E-state index contributed by atoms with van der Waals surface area (Å²) in [5.41, 5.74) is 0. The van der Waals surface area contributed by atoms with Crippen LogP contribution in [-0.4, -0.2) is 57.5 Å². The fourth-order valence-electron chi connectivity index (χ4n) is 1.25. The molecular formula is C10H24N2O2S. The highest BCUT2D eigenvalue weighted by Crippen LogP contribution is 1.93. The Morgan fingerprint density at radius 1 is 1.13 bits per heavy atom. The molecule has 1 N–H and O–H groups in total. The fourth-order valence-corrected chi connectivity index (χ4v) is 2.08. The molecular weight excluding hydrogens is 212 g/mol. The van der Waals surface area contributed by atoms with Crippen molar-refractivity contribution in [1.82, 2.24) is 10.2 Å². The second-order valence-electron chi connectivity index (χ2n) is 3.52. The smallest absolute Gasteiger partial charge is 0.151 e. The van der Waals surface area contributed by atoms with Crippen molar-refractivity contribution in [2.24, 2.45) is 0 Å². The number of hydrogen-bond acceptors (Lipinski definition) is 4. The molecule has 4 nitrogen and oxygen atoms in total. The molecule has 0 aromatic heterocycles. The van der Waals surface area contributed by atoms with Gasteiger partial charge in [-0.3, -0.25) is 0 Å². The van der Waals surface area contributed by atoms with E-state index < -0.39 is 9.84 Å². The van der Waals surface area contributed by atoms with Crippen molar-refractivity contribution < 1.29 is 8.42 Å². The minimum atomic E-state index is -2.82. The Hall–Kier alpha value is -0.130. The fraction of sp³-hybridized carbons (Fsp3) is 1.00. The van der Waals surface area contributed by atoms with Crippen molar-refractivity contribution in [3.63, 3.8) is 0 Å². The summed E-state index contributed by atoms with van der Waals surface area (Å²) in [6, 6.07) is 0. The molecule has 0 radical (unpaired) electrons. The van der Waals surface area contributed by atoms with Gasteiger partial charge in [-0.25, -0.2) is 8.42 Å². The highest BCUT2D eigenvalue weighted by Gasteiger charge is 2.10. The Balaban J connectivity index is 3.80. The molecule has 0 aliphatic heterocycles. The summed E-state index contributed by atoms with van der Waals surface area (Å²) in [5.74, 6) is 0.529. The molecule has 0 saturated carbocycles. The van der Waals surface area contributed by atoms with Gasteiger partial charge in [-0.05, 0) is 13.1 Å². The van der Waals surface area contributed by atoms with Crippen LogP contribution >= 0.6 is 0 Å². The monoisotopic (exact) mass is 236 g/mol. The van der Waals surface area contributed by atoms with Gasteiger partial charge in [-0.15, -0.1) is 0 Å². The van der Waals surface area contributed by atoms with Crippen molar-refractivity contribution in [3.8, 4) is 0 Å². The SMILES string of the molecule is CCNCCN(CC)CCS(=O)(=O)CC. The zero-order valence-electron chi connectivity index (χ0n) is 10.1. The predicted octanol–water partition coefficient (Wildman–Crippen LogP) is 0.353. The number of nitrogens with one attached hydrogen (secondary N) is 1. The number of hydrogen-bond donors (Lipinski definition) is 1. The zero-order chi connectivity index (χ0) is 11.7. The van der Waals surface area contributed by atoms with Gasteiger partial charge < -0.3 is 10.2 Å². The third kappa shape index (κ3) is 7.76. The van der Waals surface area contributed by atoms with Crippen LogP contribution in [0.4, 0.5) is 0 Å². The van der Waals surface area contributed by atoms with Crippen molar-refractivity contribution in [1.29, 1.82) is 0 Å². The van der Waals surface area contributed by atoms with E-state index in [0.717, 1.165) is 26.2 Å². The Bertz CT molecular complexity index is 240. The molecule has 92 valence electrons. The Morgan fingerprint density at radius 2 is 1.80 bits per heavy atom. The molecule has 0 unspecified atom stereocenters. The van der Waals surface area contributed by atoms with Crippen molar-refractivity contribution in [2.75, 3.05) is 44.2 Å². The van der Waals surface area contributed by atoms with E-state index in [0.29, 0.717) is 6.54 Å². The van der Waals surface area contributed by atoms with Gasteiger partial charge in [0.1, 0.15) is 0 Å². The summed E-state index contributed by atoms with van der Waals surface area (Å²) in [4.78, 5) is 2.16. The molecule has 0 aromatic rings.